The summed E-state index contributed by atoms with van der Waals surface area (Å²) in [6.45, 7) is 5.55. The van der Waals surface area contributed by atoms with Gasteiger partial charge < -0.3 is 0 Å². The molecule has 0 rings (SSSR count). The molecule has 0 atom stereocenters. The zero-order valence-electron chi connectivity index (χ0n) is 5.59. The number of rotatable bonds is 2. The third-order valence-electron chi connectivity index (χ3n) is 0.874. The summed E-state index contributed by atoms with van der Waals surface area (Å²) in [4.78, 5) is 0. The molecule has 0 heteroatoms. The van der Waals surface area contributed by atoms with Crippen LogP contribution in [0.4, 0.5) is 0 Å². The van der Waals surface area contributed by atoms with Crippen LogP contribution < -0.4 is 0 Å². The summed E-state index contributed by atoms with van der Waals surface area (Å²) in [5, 5.41) is 0. The van der Waals surface area contributed by atoms with Crippen molar-refractivity contribution in [1.29, 1.82) is 0 Å². The molecule has 0 unspecified atom stereocenters. The second-order valence-corrected chi connectivity index (χ2v) is 1.64. The van der Waals surface area contributed by atoms with E-state index in [1.807, 2.05) is 19.1 Å². The van der Waals surface area contributed by atoms with Crippen molar-refractivity contribution in [3.05, 3.63) is 36.5 Å². The van der Waals surface area contributed by atoms with Crippen LogP contribution in [0.25, 0.3) is 0 Å². The van der Waals surface area contributed by atoms with Gasteiger partial charge in [-0.25, -0.2) is 0 Å². The first-order valence-electron chi connectivity index (χ1n) is 2.73. The monoisotopic (exact) mass is 118 g/mol. The first-order chi connectivity index (χ1) is 4.31. The van der Waals surface area contributed by atoms with Gasteiger partial charge in [-0.05, 0) is 13.0 Å². The van der Waals surface area contributed by atoms with Crippen LogP contribution in [0.1, 0.15) is 6.92 Å². The molecule has 46 valence electrons. The van der Waals surface area contributed by atoms with Crippen LogP contribution in [-0.2, 0) is 0 Å². The smallest absolute Gasteiger partial charge is 0.0122 e. The number of allylic oxidation sites excluding steroid dienone is 5. The molecule has 0 aromatic carbocycles. The molecular formula is C9H10. The van der Waals surface area contributed by atoms with Crippen molar-refractivity contribution in [1.82, 2.24) is 0 Å². The van der Waals surface area contributed by atoms with E-state index in [9.17, 15) is 0 Å². The SMILES string of the molecule is C#C/C=C/C=C(/C)C=C. The Hall–Kier alpha value is -1.22. The van der Waals surface area contributed by atoms with E-state index in [0.717, 1.165) is 5.57 Å². The average molecular weight is 118 g/mol. The lowest BCUT2D eigenvalue weighted by molar-refractivity contribution is 1.54. The van der Waals surface area contributed by atoms with Crippen LogP contribution >= 0.6 is 0 Å². The number of hydrogen-bond donors (Lipinski definition) is 0. The van der Waals surface area contributed by atoms with Crippen LogP contribution in [0.3, 0.4) is 0 Å². The summed E-state index contributed by atoms with van der Waals surface area (Å²) in [5.41, 5.74) is 1.11. The molecule has 0 fully saturated rings. The van der Waals surface area contributed by atoms with E-state index in [1.54, 1.807) is 12.2 Å². The molecule has 0 amide bonds. The number of terminal acetylenes is 1. The molecule has 0 bridgehead atoms. The maximum Gasteiger partial charge on any atom is -0.0122 e. The molecule has 0 saturated carbocycles. The first kappa shape index (κ1) is 7.78. The number of hydrogen-bond acceptors (Lipinski definition) is 0. The van der Waals surface area contributed by atoms with Crippen molar-refractivity contribution in [2.75, 3.05) is 0 Å². The molecule has 0 heterocycles. The quantitative estimate of drug-likeness (QED) is 0.385. The lowest BCUT2D eigenvalue weighted by Crippen LogP contribution is -1.60. The molecule has 0 aromatic rings. The minimum absolute atomic E-state index is 1.11. The second kappa shape index (κ2) is 4.93. The van der Waals surface area contributed by atoms with Crippen molar-refractivity contribution < 1.29 is 0 Å². The van der Waals surface area contributed by atoms with E-state index < -0.39 is 0 Å². The maximum atomic E-state index is 4.96. The molecule has 0 aliphatic heterocycles. The lowest BCUT2D eigenvalue weighted by atomic mass is 10.3. The third kappa shape index (κ3) is 4.64. The Bertz CT molecular complexity index is 175. The van der Waals surface area contributed by atoms with Crippen LogP contribution in [0.5, 0.6) is 0 Å². The normalized spacial score (nSPS) is 11.3. The largest absolute Gasteiger partial charge is 0.115 e. The highest BCUT2D eigenvalue weighted by Gasteiger charge is 1.70. The minimum Gasteiger partial charge on any atom is -0.115 e. The molecule has 0 aliphatic carbocycles. The Kier molecular flexibility index (Phi) is 4.26. The highest BCUT2D eigenvalue weighted by molar-refractivity contribution is 5.23. The van der Waals surface area contributed by atoms with Gasteiger partial charge in [-0.3, -0.25) is 0 Å². The predicted molar refractivity (Wildman–Crippen MR) is 41.9 cm³/mol. The molecule has 0 nitrogen and oxygen atoms in total. The van der Waals surface area contributed by atoms with Gasteiger partial charge in [-0.15, -0.1) is 6.42 Å². The Morgan fingerprint density at radius 1 is 1.67 bits per heavy atom. The van der Waals surface area contributed by atoms with E-state index in [2.05, 4.69) is 12.5 Å². The molecule has 0 aliphatic rings. The molecule has 0 saturated heterocycles. The van der Waals surface area contributed by atoms with Crippen LogP contribution in [0, 0.1) is 12.3 Å². The highest BCUT2D eigenvalue weighted by Crippen LogP contribution is 1.91. The van der Waals surface area contributed by atoms with Gasteiger partial charge >= 0.3 is 0 Å². The molecule has 0 radical (unpaired) electrons. The van der Waals surface area contributed by atoms with Gasteiger partial charge in [0.25, 0.3) is 0 Å². The third-order valence-corrected chi connectivity index (χ3v) is 0.874. The molecule has 0 spiro atoms. The predicted octanol–water partition coefficient (Wildman–Crippen LogP) is 2.31. The Balaban J connectivity index is 3.86. The Morgan fingerprint density at radius 3 is 2.78 bits per heavy atom. The van der Waals surface area contributed by atoms with E-state index in [-0.39, 0.29) is 0 Å². The molecular weight excluding hydrogens is 108 g/mol. The zero-order valence-corrected chi connectivity index (χ0v) is 5.59. The second-order valence-electron chi connectivity index (χ2n) is 1.64. The van der Waals surface area contributed by atoms with Gasteiger partial charge in [-0.1, -0.05) is 36.3 Å². The maximum absolute atomic E-state index is 4.96. The summed E-state index contributed by atoms with van der Waals surface area (Å²) in [7, 11) is 0. The average Bonchev–Trinajstić information content (AvgIpc) is 1.89. The van der Waals surface area contributed by atoms with E-state index in [4.69, 9.17) is 6.42 Å². The van der Waals surface area contributed by atoms with Crippen molar-refractivity contribution >= 4 is 0 Å². The topological polar surface area (TPSA) is 0 Å². The van der Waals surface area contributed by atoms with Crippen molar-refractivity contribution in [3.63, 3.8) is 0 Å². The van der Waals surface area contributed by atoms with Crippen molar-refractivity contribution in [3.8, 4) is 12.3 Å². The fourth-order valence-corrected chi connectivity index (χ4v) is 0.323. The fraction of sp³-hybridized carbons (Fsp3) is 0.111. The van der Waals surface area contributed by atoms with Crippen LogP contribution in [0.15, 0.2) is 36.5 Å². The summed E-state index contributed by atoms with van der Waals surface area (Å²) < 4.78 is 0. The molecule has 0 aromatic heterocycles. The van der Waals surface area contributed by atoms with Gasteiger partial charge in [0, 0.05) is 0 Å². The van der Waals surface area contributed by atoms with Crippen molar-refractivity contribution in [2.24, 2.45) is 0 Å². The fourth-order valence-electron chi connectivity index (χ4n) is 0.323. The van der Waals surface area contributed by atoms with Gasteiger partial charge in [0.2, 0.25) is 0 Å². The summed E-state index contributed by atoms with van der Waals surface area (Å²) in [5.74, 6) is 2.39. The zero-order chi connectivity index (χ0) is 7.11. The first-order valence-corrected chi connectivity index (χ1v) is 2.73. The van der Waals surface area contributed by atoms with Gasteiger partial charge in [0.15, 0.2) is 0 Å². The summed E-state index contributed by atoms with van der Waals surface area (Å²) in [6, 6.07) is 0. The summed E-state index contributed by atoms with van der Waals surface area (Å²) >= 11 is 0. The molecule has 0 N–H and O–H groups in total. The van der Waals surface area contributed by atoms with E-state index in [1.165, 1.54) is 0 Å². The highest BCUT2D eigenvalue weighted by atomic mass is 13.8. The Morgan fingerprint density at radius 2 is 2.33 bits per heavy atom. The van der Waals surface area contributed by atoms with Crippen LogP contribution in [0.2, 0.25) is 0 Å². The Labute approximate surface area is 56.6 Å². The van der Waals surface area contributed by atoms with E-state index >= 15 is 0 Å². The standard InChI is InChI=1S/C9H10/c1-4-6-7-8-9(3)5-2/h1,5-8H,2H2,3H3/b7-6+,9-8-. The van der Waals surface area contributed by atoms with Gasteiger partial charge in [0.1, 0.15) is 0 Å². The van der Waals surface area contributed by atoms with Gasteiger partial charge in [0.05, 0.1) is 0 Å². The van der Waals surface area contributed by atoms with Crippen molar-refractivity contribution in [2.45, 2.75) is 6.92 Å². The lowest BCUT2D eigenvalue weighted by Gasteiger charge is -1.81. The van der Waals surface area contributed by atoms with E-state index in [0.29, 0.717) is 0 Å². The summed E-state index contributed by atoms with van der Waals surface area (Å²) in [6.07, 6.45) is 12.1. The van der Waals surface area contributed by atoms with Crippen LogP contribution in [-0.4, -0.2) is 0 Å². The minimum atomic E-state index is 1.11. The molecule has 9 heavy (non-hydrogen) atoms. The van der Waals surface area contributed by atoms with Gasteiger partial charge in [-0.2, -0.15) is 0 Å².